The van der Waals surface area contributed by atoms with Gasteiger partial charge in [0.25, 0.3) is 0 Å². The van der Waals surface area contributed by atoms with Crippen molar-refractivity contribution in [3.63, 3.8) is 0 Å². The highest BCUT2D eigenvalue weighted by Crippen LogP contribution is 2.38. The summed E-state index contributed by atoms with van der Waals surface area (Å²) in [5.41, 5.74) is 0.915. The molecule has 1 N–H and O–H groups in total. The molecule has 2 aliphatic heterocycles. The van der Waals surface area contributed by atoms with Gasteiger partial charge in [-0.05, 0) is 19.3 Å². The van der Waals surface area contributed by atoms with Crippen LogP contribution in [0.25, 0.3) is 0 Å². The lowest BCUT2D eigenvalue weighted by molar-refractivity contribution is 0.144. The molecule has 0 bridgehead atoms. The third-order valence-corrected chi connectivity index (χ3v) is 3.76. The third kappa shape index (κ3) is 3.07. The molecule has 1 unspecified atom stereocenters. The molecular formula is C14H18ClNO3. The fourth-order valence-electron chi connectivity index (χ4n) is 2.44. The van der Waals surface area contributed by atoms with Gasteiger partial charge in [-0.25, -0.2) is 0 Å². The molecule has 5 heteroatoms. The predicted octanol–water partition coefficient (Wildman–Crippen LogP) is 3.09. The van der Waals surface area contributed by atoms with Gasteiger partial charge in [0, 0.05) is 31.4 Å². The van der Waals surface area contributed by atoms with E-state index in [9.17, 15) is 0 Å². The van der Waals surface area contributed by atoms with Gasteiger partial charge in [0.1, 0.15) is 13.2 Å². The van der Waals surface area contributed by atoms with Crippen molar-refractivity contribution in [1.29, 1.82) is 0 Å². The van der Waals surface area contributed by atoms with Gasteiger partial charge in [-0.2, -0.15) is 0 Å². The van der Waals surface area contributed by atoms with Gasteiger partial charge in [0.05, 0.1) is 10.7 Å². The van der Waals surface area contributed by atoms with Gasteiger partial charge < -0.3 is 19.5 Å². The first-order valence-corrected chi connectivity index (χ1v) is 7.14. The molecule has 1 aromatic rings. The van der Waals surface area contributed by atoms with E-state index >= 15 is 0 Å². The minimum Gasteiger partial charge on any atom is -0.486 e. The van der Waals surface area contributed by atoms with Crippen LogP contribution in [0.2, 0.25) is 5.02 Å². The Morgan fingerprint density at radius 1 is 1.00 bits per heavy atom. The Morgan fingerprint density at radius 2 is 1.79 bits per heavy atom. The van der Waals surface area contributed by atoms with Crippen molar-refractivity contribution in [2.75, 3.05) is 31.7 Å². The molecule has 1 atom stereocenters. The van der Waals surface area contributed by atoms with E-state index in [0.29, 0.717) is 24.3 Å². The fraction of sp³-hybridized carbons (Fsp3) is 0.571. The molecule has 19 heavy (non-hydrogen) atoms. The summed E-state index contributed by atoms with van der Waals surface area (Å²) in [4.78, 5) is 0. The van der Waals surface area contributed by atoms with Crippen LogP contribution in [0.4, 0.5) is 5.69 Å². The van der Waals surface area contributed by atoms with E-state index < -0.39 is 0 Å². The van der Waals surface area contributed by atoms with Crippen molar-refractivity contribution in [3.05, 3.63) is 17.2 Å². The van der Waals surface area contributed by atoms with E-state index in [1.165, 1.54) is 0 Å². The maximum atomic E-state index is 6.29. The molecule has 3 rings (SSSR count). The Labute approximate surface area is 118 Å². The standard InChI is InChI=1S/C14H18ClNO3/c15-11-8-13-14(19-7-6-18-13)9-12(11)16-10-2-1-4-17-5-3-10/h8-10,16H,1-7H2. The van der Waals surface area contributed by atoms with Crippen molar-refractivity contribution >= 4 is 17.3 Å². The van der Waals surface area contributed by atoms with Crippen molar-refractivity contribution in [3.8, 4) is 11.5 Å². The van der Waals surface area contributed by atoms with Crippen LogP contribution in [0.1, 0.15) is 19.3 Å². The van der Waals surface area contributed by atoms with E-state index in [-0.39, 0.29) is 0 Å². The highest BCUT2D eigenvalue weighted by molar-refractivity contribution is 6.33. The average Bonchev–Trinajstić information content (AvgIpc) is 2.68. The summed E-state index contributed by atoms with van der Waals surface area (Å²) in [6.07, 6.45) is 3.19. The van der Waals surface area contributed by atoms with Crippen molar-refractivity contribution in [2.24, 2.45) is 0 Å². The smallest absolute Gasteiger partial charge is 0.163 e. The van der Waals surface area contributed by atoms with Gasteiger partial charge in [0.15, 0.2) is 11.5 Å². The van der Waals surface area contributed by atoms with Crippen LogP contribution in [-0.2, 0) is 4.74 Å². The summed E-state index contributed by atoms with van der Waals surface area (Å²) in [6.45, 7) is 2.83. The second kappa shape index (κ2) is 5.88. The Hall–Kier alpha value is -1.13. The highest BCUT2D eigenvalue weighted by atomic mass is 35.5. The molecule has 0 amide bonds. The van der Waals surface area contributed by atoms with Crippen LogP contribution in [0.15, 0.2) is 12.1 Å². The molecular weight excluding hydrogens is 266 g/mol. The molecule has 2 heterocycles. The highest BCUT2D eigenvalue weighted by Gasteiger charge is 2.18. The molecule has 0 saturated carbocycles. The first-order valence-electron chi connectivity index (χ1n) is 6.76. The molecule has 0 spiro atoms. The zero-order chi connectivity index (χ0) is 13.1. The Bertz CT molecular complexity index is 445. The summed E-state index contributed by atoms with van der Waals surface area (Å²) in [5.74, 6) is 1.49. The topological polar surface area (TPSA) is 39.7 Å². The first kappa shape index (κ1) is 12.9. The first-order chi connectivity index (χ1) is 9.33. The Kier molecular flexibility index (Phi) is 3.99. The molecule has 2 aliphatic rings. The number of anilines is 1. The fourth-order valence-corrected chi connectivity index (χ4v) is 2.65. The van der Waals surface area contributed by atoms with Crippen LogP contribution in [0.3, 0.4) is 0 Å². The van der Waals surface area contributed by atoms with Crippen molar-refractivity contribution in [1.82, 2.24) is 0 Å². The lowest BCUT2D eigenvalue weighted by Gasteiger charge is -2.22. The number of rotatable bonds is 2. The summed E-state index contributed by atoms with van der Waals surface area (Å²) in [6, 6.07) is 4.16. The number of benzene rings is 1. The summed E-state index contributed by atoms with van der Waals surface area (Å²) >= 11 is 6.29. The number of hydrogen-bond acceptors (Lipinski definition) is 4. The average molecular weight is 284 g/mol. The Balaban J connectivity index is 1.76. The normalized spacial score (nSPS) is 22.7. The SMILES string of the molecule is Clc1cc2c(cc1NC1CCCOCC1)OCCO2. The molecule has 0 radical (unpaired) electrons. The second-order valence-corrected chi connectivity index (χ2v) is 5.27. The maximum Gasteiger partial charge on any atom is 0.163 e. The maximum absolute atomic E-state index is 6.29. The molecule has 0 aromatic heterocycles. The van der Waals surface area contributed by atoms with Crippen LogP contribution in [0, 0.1) is 0 Å². The molecule has 1 fully saturated rings. The van der Waals surface area contributed by atoms with Crippen LogP contribution in [-0.4, -0.2) is 32.5 Å². The minimum absolute atomic E-state index is 0.405. The minimum atomic E-state index is 0.405. The summed E-state index contributed by atoms with van der Waals surface area (Å²) in [5, 5.41) is 4.17. The Morgan fingerprint density at radius 3 is 2.63 bits per heavy atom. The number of ether oxygens (including phenoxy) is 3. The van der Waals surface area contributed by atoms with E-state index in [0.717, 1.165) is 49.7 Å². The largest absolute Gasteiger partial charge is 0.486 e. The predicted molar refractivity (Wildman–Crippen MR) is 74.5 cm³/mol. The quantitative estimate of drug-likeness (QED) is 0.905. The zero-order valence-corrected chi connectivity index (χ0v) is 11.5. The number of hydrogen-bond donors (Lipinski definition) is 1. The van der Waals surface area contributed by atoms with E-state index in [2.05, 4.69) is 5.32 Å². The van der Waals surface area contributed by atoms with E-state index in [4.69, 9.17) is 25.8 Å². The van der Waals surface area contributed by atoms with Crippen LogP contribution in [0.5, 0.6) is 11.5 Å². The monoisotopic (exact) mass is 283 g/mol. The zero-order valence-electron chi connectivity index (χ0n) is 10.8. The summed E-state index contributed by atoms with van der Waals surface area (Å²) < 4.78 is 16.6. The van der Waals surface area contributed by atoms with Gasteiger partial charge in [-0.15, -0.1) is 0 Å². The molecule has 0 aliphatic carbocycles. The van der Waals surface area contributed by atoms with Crippen molar-refractivity contribution < 1.29 is 14.2 Å². The summed E-state index contributed by atoms with van der Waals surface area (Å²) in [7, 11) is 0. The molecule has 1 saturated heterocycles. The van der Waals surface area contributed by atoms with Crippen molar-refractivity contribution in [2.45, 2.75) is 25.3 Å². The van der Waals surface area contributed by atoms with Gasteiger partial charge >= 0.3 is 0 Å². The third-order valence-electron chi connectivity index (χ3n) is 3.44. The van der Waals surface area contributed by atoms with E-state index in [1.807, 2.05) is 12.1 Å². The molecule has 1 aromatic carbocycles. The lowest BCUT2D eigenvalue weighted by Crippen LogP contribution is -2.20. The molecule has 4 nitrogen and oxygen atoms in total. The number of fused-ring (bicyclic) bond motifs is 1. The number of halogens is 1. The van der Waals surface area contributed by atoms with Crippen LogP contribution >= 0.6 is 11.6 Å². The number of nitrogens with one attached hydrogen (secondary N) is 1. The molecule has 104 valence electrons. The van der Waals surface area contributed by atoms with E-state index in [1.54, 1.807) is 0 Å². The van der Waals surface area contributed by atoms with Gasteiger partial charge in [0.2, 0.25) is 0 Å². The van der Waals surface area contributed by atoms with Gasteiger partial charge in [-0.1, -0.05) is 11.6 Å². The van der Waals surface area contributed by atoms with Gasteiger partial charge in [-0.3, -0.25) is 0 Å². The second-order valence-electron chi connectivity index (χ2n) is 4.86. The van der Waals surface area contributed by atoms with Crippen LogP contribution < -0.4 is 14.8 Å². The lowest BCUT2D eigenvalue weighted by atomic mass is 10.1.